The Kier molecular flexibility index (Phi) is 3.71. The first kappa shape index (κ1) is 13.1. The number of anilines is 1. The van der Waals surface area contributed by atoms with Crippen LogP contribution in [0, 0.1) is 5.82 Å². The van der Waals surface area contributed by atoms with Crippen LogP contribution in [0.3, 0.4) is 0 Å². The summed E-state index contributed by atoms with van der Waals surface area (Å²) in [5, 5.41) is 0. The van der Waals surface area contributed by atoms with Gasteiger partial charge < -0.3 is 10.6 Å². The van der Waals surface area contributed by atoms with E-state index in [1.165, 1.54) is 17.7 Å². The van der Waals surface area contributed by atoms with Crippen molar-refractivity contribution < 1.29 is 9.18 Å². The molecule has 1 heterocycles. The van der Waals surface area contributed by atoms with E-state index in [2.05, 4.69) is 15.9 Å². The van der Waals surface area contributed by atoms with Gasteiger partial charge in [0.05, 0.1) is 10.0 Å². The Morgan fingerprint density at radius 1 is 1.50 bits per heavy atom. The van der Waals surface area contributed by atoms with Crippen LogP contribution in [0.25, 0.3) is 0 Å². The molecule has 1 aliphatic rings. The molecule has 0 unspecified atom stereocenters. The Morgan fingerprint density at radius 2 is 2.22 bits per heavy atom. The van der Waals surface area contributed by atoms with E-state index in [4.69, 9.17) is 5.73 Å². The minimum atomic E-state index is -0.476. The second-order valence-corrected chi connectivity index (χ2v) is 5.26. The first-order chi connectivity index (χ1) is 8.49. The van der Waals surface area contributed by atoms with Gasteiger partial charge in [0.1, 0.15) is 5.82 Å². The summed E-state index contributed by atoms with van der Waals surface area (Å²) in [7, 11) is 0. The van der Waals surface area contributed by atoms with Gasteiger partial charge in [0, 0.05) is 18.8 Å². The van der Waals surface area contributed by atoms with Crippen LogP contribution < -0.4 is 5.73 Å². The third-order valence-electron chi connectivity index (χ3n) is 3.05. The Labute approximate surface area is 114 Å². The average molecular weight is 313 g/mol. The molecule has 2 rings (SSSR count). The predicted octanol–water partition coefficient (Wildman–Crippen LogP) is 2.96. The van der Waals surface area contributed by atoms with Crippen molar-refractivity contribution in [2.24, 2.45) is 0 Å². The van der Waals surface area contributed by atoms with Gasteiger partial charge in [-0.3, -0.25) is 4.79 Å². The fourth-order valence-corrected chi connectivity index (χ4v) is 2.23. The molecule has 3 nitrogen and oxygen atoms in total. The van der Waals surface area contributed by atoms with E-state index in [9.17, 15) is 9.18 Å². The van der Waals surface area contributed by atoms with Crippen molar-refractivity contribution in [3.63, 3.8) is 0 Å². The maximum atomic E-state index is 13.5. The maximum absolute atomic E-state index is 13.5. The lowest BCUT2D eigenvalue weighted by Gasteiger charge is -2.26. The van der Waals surface area contributed by atoms with E-state index in [-0.39, 0.29) is 15.9 Å². The summed E-state index contributed by atoms with van der Waals surface area (Å²) in [6.07, 6.45) is 2.86. The summed E-state index contributed by atoms with van der Waals surface area (Å²) in [6.45, 7) is 3.25. The third kappa shape index (κ3) is 2.56. The molecule has 18 heavy (non-hydrogen) atoms. The van der Waals surface area contributed by atoms with E-state index in [1.807, 2.05) is 13.0 Å². The Morgan fingerprint density at radius 3 is 2.83 bits per heavy atom. The Balaban J connectivity index is 2.27. The molecule has 1 aromatic rings. The van der Waals surface area contributed by atoms with Gasteiger partial charge >= 0.3 is 0 Å². The van der Waals surface area contributed by atoms with Crippen LogP contribution in [0.2, 0.25) is 0 Å². The van der Waals surface area contributed by atoms with Crippen LogP contribution in [-0.2, 0) is 0 Å². The lowest BCUT2D eigenvalue weighted by molar-refractivity contribution is 0.0769. The molecule has 0 bridgehead atoms. The van der Waals surface area contributed by atoms with Crippen LogP contribution in [0.1, 0.15) is 23.7 Å². The third-order valence-corrected chi connectivity index (χ3v) is 3.65. The average Bonchev–Trinajstić information content (AvgIpc) is 2.34. The van der Waals surface area contributed by atoms with Crippen LogP contribution >= 0.6 is 15.9 Å². The highest BCUT2D eigenvalue weighted by atomic mass is 79.9. The Bertz CT molecular complexity index is 528. The molecule has 0 fully saturated rings. The smallest absolute Gasteiger partial charge is 0.256 e. The van der Waals surface area contributed by atoms with Crippen molar-refractivity contribution in [2.45, 2.75) is 13.3 Å². The van der Waals surface area contributed by atoms with E-state index in [0.29, 0.717) is 18.8 Å². The fourth-order valence-electron chi connectivity index (χ4n) is 1.87. The van der Waals surface area contributed by atoms with E-state index in [0.717, 1.165) is 6.42 Å². The molecule has 0 saturated heterocycles. The number of carbonyl (C=O) groups excluding carboxylic acids is 1. The van der Waals surface area contributed by atoms with Gasteiger partial charge in [-0.25, -0.2) is 4.39 Å². The van der Waals surface area contributed by atoms with Crippen LogP contribution in [-0.4, -0.2) is 23.9 Å². The van der Waals surface area contributed by atoms with Crippen molar-refractivity contribution in [3.8, 4) is 0 Å². The normalized spacial score (nSPS) is 15.5. The molecule has 96 valence electrons. The molecule has 1 aromatic carbocycles. The minimum absolute atomic E-state index is 0.220. The number of halogens is 2. The van der Waals surface area contributed by atoms with Crippen molar-refractivity contribution in [1.29, 1.82) is 0 Å². The summed E-state index contributed by atoms with van der Waals surface area (Å²) < 4.78 is 13.7. The van der Waals surface area contributed by atoms with Crippen molar-refractivity contribution in [1.82, 2.24) is 4.90 Å². The number of nitrogen functional groups attached to an aromatic ring is 1. The van der Waals surface area contributed by atoms with Crippen molar-refractivity contribution >= 4 is 27.5 Å². The Hall–Kier alpha value is -1.36. The van der Waals surface area contributed by atoms with Crippen molar-refractivity contribution in [3.05, 3.63) is 39.6 Å². The maximum Gasteiger partial charge on any atom is 0.256 e. The molecule has 2 N–H and O–H groups in total. The SMILES string of the molecule is CC1=CCN(C(=O)c2cc(F)c(Br)cc2N)CC1. The second-order valence-electron chi connectivity index (χ2n) is 4.41. The number of rotatable bonds is 1. The highest BCUT2D eigenvalue weighted by Gasteiger charge is 2.20. The van der Waals surface area contributed by atoms with Gasteiger partial charge in [0.15, 0.2) is 0 Å². The summed E-state index contributed by atoms with van der Waals surface area (Å²) in [6, 6.07) is 2.61. The summed E-state index contributed by atoms with van der Waals surface area (Å²) in [4.78, 5) is 13.9. The summed E-state index contributed by atoms with van der Waals surface area (Å²) in [5.41, 5.74) is 7.55. The number of nitrogens with two attached hydrogens (primary N) is 1. The topological polar surface area (TPSA) is 46.3 Å². The van der Waals surface area contributed by atoms with Gasteiger partial charge in [-0.15, -0.1) is 0 Å². The lowest BCUT2D eigenvalue weighted by atomic mass is 10.1. The molecule has 0 aromatic heterocycles. The standard InChI is InChI=1S/C13H14BrFN2O/c1-8-2-4-17(5-3-8)13(18)9-6-11(15)10(14)7-12(9)16/h2,6-7H,3-5,16H2,1H3. The molecule has 1 amide bonds. The van der Waals surface area contributed by atoms with Crippen LogP contribution in [0.4, 0.5) is 10.1 Å². The first-order valence-corrected chi connectivity index (χ1v) is 6.48. The second kappa shape index (κ2) is 5.10. The van der Waals surface area contributed by atoms with Gasteiger partial charge in [-0.2, -0.15) is 0 Å². The largest absolute Gasteiger partial charge is 0.398 e. The lowest BCUT2D eigenvalue weighted by Crippen LogP contribution is -2.35. The molecule has 1 aliphatic heterocycles. The monoisotopic (exact) mass is 312 g/mol. The minimum Gasteiger partial charge on any atom is -0.398 e. The highest BCUT2D eigenvalue weighted by Crippen LogP contribution is 2.24. The molecule has 0 atom stereocenters. The van der Waals surface area contributed by atoms with Gasteiger partial charge in [0.25, 0.3) is 5.91 Å². The predicted molar refractivity (Wildman–Crippen MR) is 72.8 cm³/mol. The number of hydrogen-bond acceptors (Lipinski definition) is 2. The number of hydrogen-bond donors (Lipinski definition) is 1. The molecular weight excluding hydrogens is 299 g/mol. The number of amides is 1. The van der Waals surface area contributed by atoms with Gasteiger partial charge in [0.2, 0.25) is 0 Å². The molecule has 0 aliphatic carbocycles. The van der Waals surface area contributed by atoms with E-state index >= 15 is 0 Å². The summed E-state index contributed by atoms with van der Waals surface area (Å²) in [5.74, 6) is -0.695. The van der Waals surface area contributed by atoms with E-state index in [1.54, 1.807) is 4.90 Å². The molecular formula is C13H14BrFN2O. The van der Waals surface area contributed by atoms with Gasteiger partial charge in [-0.05, 0) is 41.4 Å². The molecule has 5 heteroatoms. The van der Waals surface area contributed by atoms with E-state index < -0.39 is 5.82 Å². The molecule has 0 spiro atoms. The number of carbonyl (C=O) groups is 1. The zero-order valence-electron chi connectivity index (χ0n) is 10.0. The first-order valence-electron chi connectivity index (χ1n) is 5.68. The van der Waals surface area contributed by atoms with Crippen LogP contribution in [0.5, 0.6) is 0 Å². The van der Waals surface area contributed by atoms with Crippen LogP contribution in [0.15, 0.2) is 28.3 Å². The number of nitrogens with zero attached hydrogens (tertiary/aromatic N) is 1. The van der Waals surface area contributed by atoms with Crippen molar-refractivity contribution in [2.75, 3.05) is 18.8 Å². The molecule has 0 saturated carbocycles. The zero-order chi connectivity index (χ0) is 13.3. The summed E-state index contributed by atoms with van der Waals surface area (Å²) >= 11 is 3.04. The fraction of sp³-hybridized carbons (Fsp3) is 0.308. The zero-order valence-corrected chi connectivity index (χ0v) is 11.6. The highest BCUT2D eigenvalue weighted by molar-refractivity contribution is 9.10. The quantitative estimate of drug-likeness (QED) is 0.640. The van der Waals surface area contributed by atoms with Gasteiger partial charge in [-0.1, -0.05) is 11.6 Å². The number of benzene rings is 1. The molecule has 0 radical (unpaired) electrons.